The van der Waals surface area contributed by atoms with E-state index in [0.717, 1.165) is 29.1 Å². The summed E-state index contributed by atoms with van der Waals surface area (Å²) >= 11 is 0. The smallest absolute Gasteiger partial charge is 0.252 e. The molecular formula is C22H28N6O3. The lowest BCUT2D eigenvalue weighted by molar-refractivity contribution is -0.115. The molecule has 2 N–H and O–H groups in total. The Morgan fingerprint density at radius 3 is 2.35 bits per heavy atom. The van der Waals surface area contributed by atoms with Crippen molar-refractivity contribution in [1.82, 2.24) is 25.1 Å². The summed E-state index contributed by atoms with van der Waals surface area (Å²) in [6.45, 7) is 6.47. The summed E-state index contributed by atoms with van der Waals surface area (Å²) in [4.78, 5) is 21.3. The summed E-state index contributed by atoms with van der Waals surface area (Å²) in [6.07, 6.45) is 0.751. The van der Waals surface area contributed by atoms with Gasteiger partial charge in [0.2, 0.25) is 5.91 Å². The van der Waals surface area contributed by atoms with E-state index in [1.807, 2.05) is 45.0 Å². The van der Waals surface area contributed by atoms with Crippen molar-refractivity contribution in [2.75, 3.05) is 32.6 Å². The molecule has 2 aromatic heterocycles. The van der Waals surface area contributed by atoms with Gasteiger partial charge in [0.05, 0.1) is 26.5 Å². The zero-order valence-electron chi connectivity index (χ0n) is 18.5. The number of anilines is 1. The Labute approximate surface area is 181 Å². The predicted molar refractivity (Wildman–Crippen MR) is 118 cm³/mol. The Kier molecular flexibility index (Phi) is 7.19. The van der Waals surface area contributed by atoms with Crippen molar-refractivity contribution in [3.63, 3.8) is 0 Å². The number of rotatable bonds is 9. The Morgan fingerprint density at radius 1 is 0.968 bits per heavy atom. The van der Waals surface area contributed by atoms with Crippen molar-refractivity contribution in [3.05, 3.63) is 53.0 Å². The molecule has 9 nitrogen and oxygen atoms in total. The van der Waals surface area contributed by atoms with Gasteiger partial charge in [-0.3, -0.25) is 4.79 Å². The lowest BCUT2D eigenvalue weighted by atomic mass is 10.1. The molecule has 0 unspecified atom stereocenters. The highest BCUT2D eigenvalue weighted by atomic mass is 16.5. The van der Waals surface area contributed by atoms with E-state index in [1.165, 1.54) is 0 Å². The summed E-state index contributed by atoms with van der Waals surface area (Å²) in [6, 6.07) is 9.47. The normalized spacial score (nSPS) is 10.7. The van der Waals surface area contributed by atoms with E-state index in [1.54, 1.807) is 25.0 Å². The third-order valence-corrected chi connectivity index (χ3v) is 4.58. The lowest BCUT2D eigenvalue weighted by Gasteiger charge is -2.11. The zero-order chi connectivity index (χ0) is 22.4. The van der Waals surface area contributed by atoms with Gasteiger partial charge in [-0.2, -0.15) is 9.78 Å². The summed E-state index contributed by atoms with van der Waals surface area (Å²) < 4.78 is 12.1. The summed E-state index contributed by atoms with van der Waals surface area (Å²) in [5, 5.41) is 10.5. The van der Waals surface area contributed by atoms with E-state index in [0.29, 0.717) is 29.8 Å². The first-order chi connectivity index (χ1) is 14.9. The standard InChI is InChI=1S/C22H28N6O3/c1-14-10-15(2)25-22(24-14)28-20(11-16(3)27-28)26-21(29)13-23-9-8-17-6-7-18(30-4)19(12-17)31-5/h6-7,10-12,23H,8-9,13H2,1-5H3,(H,26,29). The Balaban J connectivity index is 1.56. The largest absolute Gasteiger partial charge is 0.493 e. The minimum atomic E-state index is -0.169. The fourth-order valence-electron chi connectivity index (χ4n) is 3.20. The van der Waals surface area contributed by atoms with Gasteiger partial charge in [0.25, 0.3) is 5.95 Å². The van der Waals surface area contributed by atoms with Crippen molar-refractivity contribution in [2.24, 2.45) is 0 Å². The van der Waals surface area contributed by atoms with Crippen LogP contribution in [0.15, 0.2) is 30.3 Å². The van der Waals surface area contributed by atoms with Crippen LogP contribution in [0.1, 0.15) is 22.6 Å². The highest BCUT2D eigenvalue weighted by Crippen LogP contribution is 2.27. The average Bonchev–Trinajstić information content (AvgIpc) is 3.10. The molecule has 0 fully saturated rings. The van der Waals surface area contributed by atoms with Gasteiger partial charge in [0.15, 0.2) is 11.5 Å². The van der Waals surface area contributed by atoms with Crippen LogP contribution in [0.2, 0.25) is 0 Å². The molecule has 0 radical (unpaired) electrons. The summed E-state index contributed by atoms with van der Waals surface area (Å²) in [7, 11) is 3.22. The molecular weight excluding hydrogens is 396 g/mol. The van der Waals surface area contributed by atoms with E-state index >= 15 is 0 Å². The van der Waals surface area contributed by atoms with Gasteiger partial charge < -0.3 is 20.1 Å². The van der Waals surface area contributed by atoms with Crippen LogP contribution in [0.3, 0.4) is 0 Å². The molecule has 0 aliphatic carbocycles. The van der Waals surface area contributed by atoms with Crippen LogP contribution in [0.4, 0.5) is 5.82 Å². The number of nitrogens with zero attached hydrogens (tertiary/aromatic N) is 4. The van der Waals surface area contributed by atoms with Gasteiger partial charge in [-0.25, -0.2) is 9.97 Å². The minimum Gasteiger partial charge on any atom is -0.493 e. The zero-order valence-corrected chi connectivity index (χ0v) is 18.5. The molecule has 1 amide bonds. The number of carbonyl (C=O) groups is 1. The Hall–Kier alpha value is -3.46. The number of nitrogens with one attached hydrogen (secondary N) is 2. The Bertz CT molecular complexity index is 1040. The number of hydrogen-bond acceptors (Lipinski definition) is 7. The third-order valence-electron chi connectivity index (χ3n) is 4.58. The fourth-order valence-corrected chi connectivity index (χ4v) is 3.20. The van der Waals surface area contributed by atoms with Gasteiger partial charge in [-0.15, -0.1) is 0 Å². The predicted octanol–water partition coefficient (Wildman–Crippen LogP) is 2.38. The number of aryl methyl sites for hydroxylation is 3. The highest BCUT2D eigenvalue weighted by molar-refractivity contribution is 5.91. The van der Waals surface area contributed by atoms with Gasteiger partial charge in [-0.1, -0.05) is 6.07 Å². The highest BCUT2D eigenvalue weighted by Gasteiger charge is 2.13. The van der Waals surface area contributed by atoms with Crippen LogP contribution in [-0.4, -0.2) is 53.0 Å². The molecule has 2 heterocycles. The molecule has 0 atom stereocenters. The molecule has 0 aliphatic heterocycles. The molecule has 1 aromatic carbocycles. The van der Waals surface area contributed by atoms with Crippen molar-refractivity contribution < 1.29 is 14.3 Å². The number of aromatic nitrogens is 4. The van der Waals surface area contributed by atoms with Crippen LogP contribution in [0.25, 0.3) is 5.95 Å². The van der Waals surface area contributed by atoms with E-state index in [9.17, 15) is 4.79 Å². The molecule has 0 saturated heterocycles. The maximum Gasteiger partial charge on any atom is 0.252 e. The van der Waals surface area contributed by atoms with E-state index < -0.39 is 0 Å². The van der Waals surface area contributed by atoms with Gasteiger partial charge in [0.1, 0.15) is 5.82 Å². The fraction of sp³-hybridized carbons (Fsp3) is 0.364. The molecule has 164 valence electrons. The second kappa shape index (κ2) is 10.0. The number of benzene rings is 1. The SMILES string of the molecule is COc1ccc(CCNCC(=O)Nc2cc(C)nn2-c2nc(C)cc(C)n2)cc1OC. The second-order valence-electron chi connectivity index (χ2n) is 7.20. The van der Waals surface area contributed by atoms with Crippen molar-refractivity contribution in [2.45, 2.75) is 27.2 Å². The first-order valence-corrected chi connectivity index (χ1v) is 10.0. The molecule has 0 aliphatic rings. The van der Waals surface area contributed by atoms with Crippen LogP contribution in [0.5, 0.6) is 11.5 Å². The molecule has 0 spiro atoms. The van der Waals surface area contributed by atoms with Crippen LogP contribution >= 0.6 is 0 Å². The molecule has 9 heteroatoms. The van der Waals surface area contributed by atoms with Gasteiger partial charge in [0, 0.05) is 17.5 Å². The molecule has 3 rings (SSSR count). The number of carbonyl (C=O) groups excluding carboxylic acids is 1. The number of amides is 1. The van der Waals surface area contributed by atoms with Crippen LogP contribution in [-0.2, 0) is 11.2 Å². The molecule has 0 saturated carbocycles. The molecule has 3 aromatic rings. The van der Waals surface area contributed by atoms with Crippen LogP contribution in [0, 0.1) is 20.8 Å². The van der Waals surface area contributed by atoms with Crippen molar-refractivity contribution >= 4 is 11.7 Å². The quantitative estimate of drug-likeness (QED) is 0.508. The number of ether oxygens (including phenoxy) is 2. The summed E-state index contributed by atoms with van der Waals surface area (Å²) in [5.74, 6) is 2.18. The number of methoxy groups -OCH3 is 2. The Morgan fingerprint density at radius 2 is 1.68 bits per heavy atom. The van der Waals surface area contributed by atoms with Crippen molar-refractivity contribution in [3.8, 4) is 17.4 Å². The number of hydrogen-bond donors (Lipinski definition) is 2. The maximum atomic E-state index is 12.4. The summed E-state index contributed by atoms with van der Waals surface area (Å²) in [5.41, 5.74) is 3.53. The van der Waals surface area contributed by atoms with E-state index in [4.69, 9.17) is 9.47 Å². The minimum absolute atomic E-state index is 0.169. The maximum absolute atomic E-state index is 12.4. The molecule has 0 bridgehead atoms. The lowest BCUT2D eigenvalue weighted by Crippen LogP contribution is -2.30. The molecule has 31 heavy (non-hydrogen) atoms. The first kappa shape index (κ1) is 22.2. The van der Waals surface area contributed by atoms with Gasteiger partial charge in [-0.05, 0) is 57.5 Å². The third kappa shape index (κ3) is 5.79. The van der Waals surface area contributed by atoms with Crippen molar-refractivity contribution in [1.29, 1.82) is 0 Å². The topological polar surface area (TPSA) is 103 Å². The second-order valence-corrected chi connectivity index (χ2v) is 7.20. The monoisotopic (exact) mass is 424 g/mol. The van der Waals surface area contributed by atoms with E-state index in [-0.39, 0.29) is 12.5 Å². The van der Waals surface area contributed by atoms with E-state index in [2.05, 4.69) is 25.7 Å². The van der Waals surface area contributed by atoms with Crippen LogP contribution < -0.4 is 20.1 Å². The van der Waals surface area contributed by atoms with Gasteiger partial charge >= 0.3 is 0 Å². The first-order valence-electron chi connectivity index (χ1n) is 10.0. The average molecular weight is 425 g/mol.